The molecule has 10 nitrogen and oxygen atoms in total. The molecule has 6 rings (SSSR count). The van der Waals surface area contributed by atoms with Gasteiger partial charge in [0.15, 0.2) is 0 Å². The number of nitrogens with one attached hydrogen (secondary N) is 1. The smallest absolute Gasteiger partial charge is 0.408 e. The maximum Gasteiger partial charge on any atom is 0.408 e. The van der Waals surface area contributed by atoms with Crippen LogP contribution < -0.4 is 5.32 Å². The zero-order valence-corrected chi connectivity index (χ0v) is 26.2. The van der Waals surface area contributed by atoms with E-state index in [4.69, 9.17) is 33.2 Å². The number of anilines is 1. The van der Waals surface area contributed by atoms with Crippen molar-refractivity contribution in [1.82, 2.24) is 29.3 Å². The van der Waals surface area contributed by atoms with Gasteiger partial charge in [0.2, 0.25) is 11.9 Å². The summed E-state index contributed by atoms with van der Waals surface area (Å²) in [6.07, 6.45) is 6.77. The maximum absolute atomic E-state index is 13.1. The van der Waals surface area contributed by atoms with Gasteiger partial charge in [-0.2, -0.15) is 4.98 Å². The largest absolute Gasteiger partial charge is 0.465 e. The van der Waals surface area contributed by atoms with Gasteiger partial charge in [0.25, 0.3) is 0 Å². The minimum atomic E-state index is -1.00. The van der Waals surface area contributed by atoms with Gasteiger partial charge in [-0.05, 0) is 55.4 Å². The van der Waals surface area contributed by atoms with E-state index >= 15 is 0 Å². The second-order valence-electron chi connectivity index (χ2n) is 12.9. The Morgan fingerprint density at radius 3 is 2.49 bits per heavy atom. The number of hydrogen-bond acceptors (Lipinski definition) is 6. The van der Waals surface area contributed by atoms with Gasteiger partial charge in [-0.1, -0.05) is 56.8 Å². The lowest BCUT2D eigenvalue weighted by Gasteiger charge is -2.34. The number of amides is 2. The van der Waals surface area contributed by atoms with E-state index in [2.05, 4.69) is 10.3 Å². The SMILES string of the molecule is CC(C)(C)C1c2nc(-c3ccc(Cl)c(Cl)c3)n(-c3ccnc(NC4CCCN(C(=O)C5CCCC5)C4)n3)c2CN1C(=O)O. The number of carbonyl (C=O) groups excluding carboxylic acids is 1. The number of carbonyl (C=O) groups is 2. The number of halogens is 2. The van der Waals surface area contributed by atoms with Crippen molar-refractivity contribution in [2.24, 2.45) is 11.3 Å². The van der Waals surface area contributed by atoms with E-state index < -0.39 is 17.6 Å². The molecule has 2 amide bonds. The van der Waals surface area contributed by atoms with Crippen molar-refractivity contribution >= 4 is 41.2 Å². The summed E-state index contributed by atoms with van der Waals surface area (Å²) in [6.45, 7) is 7.61. The van der Waals surface area contributed by atoms with Gasteiger partial charge in [-0.25, -0.2) is 14.8 Å². The van der Waals surface area contributed by atoms with Crippen molar-refractivity contribution in [3.05, 3.63) is 51.9 Å². The molecule has 2 atom stereocenters. The van der Waals surface area contributed by atoms with Gasteiger partial charge in [0, 0.05) is 36.8 Å². The number of imidazole rings is 1. The van der Waals surface area contributed by atoms with E-state index in [1.165, 1.54) is 4.90 Å². The Kier molecular flexibility index (Phi) is 8.02. The number of piperidine rings is 1. The first-order valence-corrected chi connectivity index (χ1v) is 15.7. The molecule has 2 fully saturated rings. The van der Waals surface area contributed by atoms with Crippen molar-refractivity contribution in [2.75, 3.05) is 18.4 Å². The van der Waals surface area contributed by atoms with Crippen LogP contribution in [-0.2, 0) is 11.3 Å². The first-order chi connectivity index (χ1) is 20.5. The normalized spacial score (nSPS) is 20.9. The highest BCUT2D eigenvalue weighted by Gasteiger charge is 2.45. The molecule has 228 valence electrons. The summed E-state index contributed by atoms with van der Waals surface area (Å²) >= 11 is 12.6. The summed E-state index contributed by atoms with van der Waals surface area (Å²) in [4.78, 5) is 43.3. The lowest BCUT2D eigenvalue weighted by molar-refractivity contribution is -0.136. The zero-order valence-electron chi connectivity index (χ0n) is 24.7. The van der Waals surface area contributed by atoms with Crippen molar-refractivity contribution in [3.63, 3.8) is 0 Å². The van der Waals surface area contributed by atoms with Crippen LogP contribution in [0, 0.1) is 11.3 Å². The van der Waals surface area contributed by atoms with Crippen LogP contribution in [0.1, 0.15) is 76.7 Å². The number of aromatic nitrogens is 4. The number of benzene rings is 1. The van der Waals surface area contributed by atoms with Crippen LogP contribution in [-0.4, -0.2) is 65.6 Å². The van der Waals surface area contributed by atoms with Gasteiger partial charge in [0.1, 0.15) is 11.6 Å². The Labute approximate surface area is 261 Å². The Morgan fingerprint density at radius 2 is 1.79 bits per heavy atom. The molecule has 0 radical (unpaired) electrons. The molecule has 12 heteroatoms. The number of rotatable bonds is 5. The molecule has 2 aliphatic heterocycles. The minimum absolute atomic E-state index is 0.0326. The van der Waals surface area contributed by atoms with Gasteiger partial charge >= 0.3 is 6.09 Å². The summed E-state index contributed by atoms with van der Waals surface area (Å²) < 4.78 is 1.90. The lowest BCUT2D eigenvalue weighted by atomic mass is 9.85. The third kappa shape index (κ3) is 5.79. The third-order valence-electron chi connectivity index (χ3n) is 8.78. The van der Waals surface area contributed by atoms with Crippen LogP contribution in [0.25, 0.3) is 17.2 Å². The molecule has 4 heterocycles. The molecule has 2 N–H and O–H groups in total. The number of hydrogen-bond donors (Lipinski definition) is 2. The molecular weight excluding hydrogens is 589 g/mol. The van der Waals surface area contributed by atoms with E-state index in [0.717, 1.165) is 56.3 Å². The predicted octanol–water partition coefficient (Wildman–Crippen LogP) is 6.81. The van der Waals surface area contributed by atoms with Crippen LogP contribution in [0.3, 0.4) is 0 Å². The highest BCUT2D eigenvalue weighted by Crippen LogP contribution is 2.47. The van der Waals surface area contributed by atoms with Crippen molar-refractivity contribution in [1.29, 1.82) is 0 Å². The molecule has 1 saturated carbocycles. The van der Waals surface area contributed by atoms with Crippen molar-refractivity contribution in [3.8, 4) is 17.2 Å². The lowest BCUT2D eigenvalue weighted by Crippen LogP contribution is -2.47. The fraction of sp³-hybridized carbons (Fsp3) is 0.516. The van der Waals surface area contributed by atoms with Crippen molar-refractivity contribution < 1.29 is 14.7 Å². The van der Waals surface area contributed by atoms with Crippen LogP contribution in [0.5, 0.6) is 0 Å². The number of carboxylic acid groups (broad SMARTS) is 1. The van der Waals surface area contributed by atoms with E-state index in [0.29, 0.717) is 39.9 Å². The van der Waals surface area contributed by atoms with Crippen LogP contribution in [0.4, 0.5) is 10.7 Å². The number of fused-ring (bicyclic) bond motifs is 1. The zero-order chi connectivity index (χ0) is 30.5. The minimum Gasteiger partial charge on any atom is -0.465 e. The molecule has 1 saturated heterocycles. The van der Waals surface area contributed by atoms with E-state index in [1.807, 2.05) is 36.3 Å². The Hall–Kier alpha value is -3.37. The molecule has 0 spiro atoms. The molecule has 1 aromatic carbocycles. The average Bonchev–Trinajstić information content (AvgIpc) is 3.70. The van der Waals surface area contributed by atoms with Gasteiger partial charge in [-0.3, -0.25) is 14.3 Å². The van der Waals surface area contributed by atoms with Gasteiger partial charge < -0.3 is 15.3 Å². The molecule has 1 aliphatic carbocycles. The molecule has 43 heavy (non-hydrogen) atoms. The predicted molar refractivity (Wildman–Crippen MR) is 166 cm³/mol. The summed E-state index contributed by atoms with van der Waals surface area (Å²) in [5.41, 5.74) is 1.77. The Morgan fingerprint density at radius 1 is 1.02 bits per heavy atom. The summed E-state index contributed by atoms with van der Waals surface area (Å²) in [5.74, 6) is 2.03. The highest BCUT2D eigenvalue weighted by atomic mass is 35.5. The fourth-order valence-electron chi connectivity index (χ4n) is 6.83. The topological polar surface area (TPSA) is 116 Å². The third-order valence-corrected chi connectivity index (χ3v) is 9.52. The number of likely N-dealkylation sites (tertiary alicyclic amines) is 1. The molecule has 0 bridgehead atoms. The second-order valence-corrected chi connectivity index (χ2v) is 13.7. The Bertz CT molecular complexity index is 1550. The summed E-state index contributed by atoms with van der Waals surface area (Å²) in [6, 6.07) is 6.71. The van der Waals surface area contributed by atoms with Crippen LogP contribution in [0.15, 0.2) is 30.5 Å². The summed E-state index contributed by atoms with van der Waals surface area (Å²) in [7, 11) is 0. The van der Waals surface area contributed by atoms with Gasteiger partial charge in [0.05, 0.1) is 34.0 Å². The van der Waals surface area contributed by atoms with E-state index in [1.54, 1.807) is 24.4 Å². The van der Waals surface area contributed by atoms with E-state index in [-0.39, 0.29) is 24.4 Å². The number of nitrogens with zero attached hydrogens (tertiary/aromatic N) is 6. The summed E-state index contributed by atoms with van der Waals surface area (Å²) in [5, 5.41) is 14.4. The molecule has 3 aliphatic rings. The van der Waals surface area contributed by atoms with Crippen LogP contribution >= 0.6 is 23.2 Å². The first kappa shape index (κ1) is 29.7. The molecule has 3 aromatic rings. The quantitative estimate of drug-likeness (QED) is 0.320. The molecular formula is C31H37Cl2N7O3. The van der Waals surface area contributed by atoms with Gasteiger partial charge in [-0.15, -0.1) is 0 Å². The first-order valence-electron chi connectivity index (χ1n) is 15.0. The maximum atomic E-state index is 13.1. The second kappa shape index (κ2) is 11.6. The fourth-order valence-corrected chi connectivity index (χ4v) is 7.12. The monoisotopic (exact) mass is 625 g/mol. The molecule has 2 aromatic heterocycles. The van der Waals surface area contributed by atoms with Crippen LogP contribution in [0.2, 0.25) is 10.0 Å². The molecule has 2 unspecified atom stereocenters. The standard InChI is InChI=1S/C31H37Cl2N7O3/c1-31(2,3)26-25-23(17-39(26)30(42)43)40(27(37-25)19-10-11-21(32)22(33)15-19)24-12-13-34-29(36-24)35-20-9-6-14-38(16-20)28(41)18-7-4-5-8-18/h10-13,15,18,20,26H,4-9,14,16-17H2,1-3H3,(H,42,43)(H,34,35,36). The average molecular weight is 627 g/mol. The Balaban J connectivity index is 1.35. The van der Waals surface area contributed by atoms with E-state index in [9.17, 15) is 14.7 Å². The highest BCUT2D eigenvalue weighted by molar-refractivity contribution is 6.42. The van der Waals surface area contributed by atoms with Crippen molar-refractivity contribution in [2.45, 2.75) is 77.9 Å².